The topological polar surface area (TPSA) is 92.0 Å². The van der Waals surface area contributed by atoms with Crippen molar-refractivity contribution in [2.24, 2.45) is 5.73 Å². The minimum absolute atomic E-state index is 0.351. The van der Waals surface area contributed by atoms with Crippen molar-refractivity contribution in [1.29, 1.82) is 0 Å². The van der Waals surface area contributed by atoms with Crippen LogP contribution in [-0.2, 0) is 4.79 Å². The second-order valence-electron chi connectivity index (χ2n) is 3.58. The van der Waals surface area contributed by atoms with Gasteiger partial charge in [0.05, 0.1) is 11.0 Å². The highest BCUT2D eigenvalue weighted by Crippen LogP contribution is 2.25. The zero-order chi connectivity index (χ0) is 12.3. The molecule has 0 spiro atoms. The van der Waals surface area contributed by atoms with Crippen LogP contribution in [-0.4, -0.2) is 32.8 Å². The number of nitrogens with two attached hydrogens (primary N) is 1. The van der Waals surface area contributed by atoms with Gasteiger partial charge < -0.3 is 15.8 Å². The van der Waals surface area contributed by atoms with Gasteiger partial charge in [-0.05, 0) is 25.1 Å². The van der Waals surface area contributed by atoms with E-state index in [1.807, 2.05) is 24.3 Å². The highest BCUT2D eigenvalue weighted by atomic mass is 32.2. The van der Waals surface area contributed by atoms with E-state index in [1.54, 1.807) is 0 Å². The van der Waals surface area contributed by atoms with Crippen LogP contribution in [0.25, 0.3) is 11.0 Å². The summed E-state index contributed by atoms with van der Waals surface area (Å²) in [5, 5.41) is 9.09. The van der Waals surface area contributed by atoms with Crippen LogP contribution in [0, 0.1) is 0 Å². The summed E-state index contributed by atoms with van der Waals surface area (Å²) >= 11 is 1.20. The van der Waals surface area contributed by atoms with Crippen molar-refractivity contribution in [2.75, 3.05) is 6.54 Å². The van der Waals surface area contributed by atoms with Crippen LogP contribution in [0.15, 0.2) is 29.4 Å². The van der Waals surface area contributed by atoms with Crippen molar-refractivity contribution in [1.82, 2.24) is 9.97 Å². The number of carboxylic acid groups (broad SMARTS) is 1. The highest BCUT2D eigenvalue weighted by molar-refractivity contribution is 8.00. The average Bonchev–Trinajstić information content (AvgIpc) is 2.70. The van der Waals surface area contributed by atoms with E-state index in [2.05, 4.69) is 9.97 Å². The van der Waals surface area contributed by atoms with E-state index in [4.69, 9.17) is 10.8 Å². The monoisotopic (exact) mass is 251 g/mol. The van der Waals surface area contributed by atoms with Crippen LogP contribution in [0.4, 0.5) is 0 Å². The van der Waals surface area contributed by atoms with Gasteiger partial charge in [-0.15, -0.1) is 0 Å². The van der Waals surface area contributed by atoms with Gasteiger partial charge in [0.25, 0.3) is 0 Å². The van der Waals surface area contributed by atoms with Gasteiger partial charge in [-0.25, -0.2) is 4.98 Å². The van der Waals surface area contributed by atoms with Crippen LogP contribution in [0.5, 0.6) is 0 Å². The number of hydrogen-bond acceptors (Lipinski definition) is 4. The molecule has 2 aromatic rings. The molecule has 0 aliphatic heterocycles. The first-order chi connectivity index (χ1) is 8.20. The number of aromatic amines is 1. The van der Waals surface area contributed by atoms with E-state index in [-0.39, 0.29) is 0 Å². The van der Waals surface area contributed by atoms with Gasteiger partial charge in [0.15, 0.2) is 5.16 Å². The van der Waals surface area contributed by atoms with E-state index >= 15 is 0 Å². The molecule has 0 aliphatic carbocycles. The molecule has 0 saturated carbocycles. The van der Waals surface area contributed by atoms with Crippen molar-refractivity contribution >= 4 is 28.8 Å². The number of aliphatic carboxylic acids is 1. The highest BCUT2D eigenvalue weighted by Gasteiger charge is 2.19. The number of nitrogens with zero attached hydrogens (tertiary/aromatic N) is 1. The van der Waals surface area contributed by atoms with E-state index in [0.29, 0.717) is 18.1 Å². The Hall–Kier alpha value is -1.53. The summed E-state index contributed by atoms with van der Waals surface area (Å²) in [6.45, 7) is 0.351. The Morgan fingerprint density at radius 2 is 2.29 bits per heavy atom. The number of fused-ring (bicyclic) bond motifs is 1. The molecule has 90 valence electrons. The predicted octanol–water partition coefficient (Wildman–Crippen LogP) is 1.46. The number of nitrogens with one attached hydrogen (secondary N) is 1. The van der Waals surface area contributed by atoms with Crippen molar-refractivity contribution in [3.8, 4) is 0 Å². The number of benzene rings is 1. The minimum atomic E-state index is -0.860. The smallest absolute Gasteiger partial charge is 0.317 e. The van der Waals surface area contributed by atoms with Gasteiger partial charge in [0.2, 0.25) is 0 Å². The molecule has 4 N–H and O–H groups in total. The Morgan fingerprint density at radius 3 is 2.94 bits per heavy atom. The fraction of sp³-hybridized carbons (Fsp3) is 0.273. The summed E-state index contributed by atoms with van der Waals surface area (Å²) < 4.78 is 0. The second kappa shape index (κ2) is 5.20. The summed E-state index contributed by atoms with van der Waals surface area (Å²) in [5.41, 5.74) is 7.14. The standard InChI is InChI=1S/C11H13N3O2S/c12-6-5-9(10(15)16)17-11-13-7-3-1-2-4-8(7)14-11/h1-4,9H,5-6,12H2,(H,13,14)(H,15,16). The summed E-state index contributed by atoms with van der Waals surface area (Å²) in [5.74, 6) is -0.860. The first-order valence-electron chi connectivity index (χ1n) is 5.25. The summed E-state index contributed by atoms with van der Waals surface area (Å²) in [4.78, 5) is 18.4. The van der Waals surface area contributed by atoms with E-state index in [9.17, 15) is 4.79 Å². The number of aromatic nitrogens is 2. The molecule has 0 aliphatic rings. The van der Waals surface area contributed by atoms with Gasteiger partial charge in [0, 0.05) is 0 Å². The molecule has 0 bridgehead atoms. The first-order valence-corrected chi connectivity index (χ1v) is 6.13. The third-order valence-corrected chi connectivity index (χ3v) is 3.46. The molecule has 0 fully saturated rings. The molecule has 2 rings (SSSR count). The normalized spacial score (nSPS) is 12.8. The largest absolute Gasteiger partial charge is 0.480 e. The number of para-hydroxylation sites is 2. The molecule has 6 heteroatoms. The van der Waals surface area contributed by atoms with Gasteiger partial charge in [-0.1, -0.05) is 23.9 Å². The van der Waals surface area contributed by atoms with Gasteiger partial charge in [-0.3, -0.25) is 4.79 Å². The van der Waals surface area contributed by atoms with Crippen molar-refractivity contribution < 1.29 is 9.90 Å². The van der Waals surface area contributed by atoms with Crippen molar-refractivity contribution in [3.63, 3.8) is 0 Å². The van der Waals surface area contributed by atoms with Crippen LogP contribution >= 0.6 is 11.8 Å². The maximum Gasteiger partial charge on any atom is 0.317 e. The third kappa shape index (κ3) is 2.78. The molecule has 5 nitrogen and oxygen atoms in total. The van der Waals surface area contributed by atoms with E-state index < -0.39 is 11.2 Å². The zero-order valence-electron chi connectivity index (χ0n) is 9.09. The SMILES string of the molecule is NCCC(Sc1nc2ccccc2[nH]1)C(=O)O. The molecule has 0 amide bonds. The Balaban J connectivity index is 2.19. The number of hydrogen-bond donors (Lipinski definition) is 3. The zero-order valence-corrected chi connectivity index (χ0v) is 9.91. The average molecular weight is 251 g/mol. The van der Waals surface area contributed by atoms with E-state index in [0.717, 1.165) is 11.0 Å². The van der Waals surface area contributed by atoms with Crippen molar-refractivity contribution in [3.05, 3.63) is 24.3 Å². The lowest BCUT2D eigenvalue weighted by atomic mass is 10.3. The van der Waals surface area contributed by atoms with Crippen LogP contribution in [0.1, 0.15) is 6.42 Å². The molecule has 1 aromatic carbocycles. The number of H-pyrrole nitrogens is 1. The fourth-order valence-corrected chi connectivity index (χ4v) is 2.45. The van der Waals surface area contributed by atoms with Crippen LogP contribution < -0.4 is 5.73 Å². The van der Waals surface area contributed by atoms with Gasteiger partial charge >= 0.3 is 5.97 Å². The molecule has 1 unspecified atom stereocenters. The minimum Gasteiger partial charge on any atom is -0.480 e. The molecule has 0 saturated heterocycles. The summed E-state index contributed by atoms with van der Waals surface area (Å²) in [6, 6.07) is 7.59. The molecule has 1 aromatic heterocycles. The third-order valence-electron chi connectivity index (χ3n) is 2.33. The van der Waals surface area contributed by atoms with Crippen LogP contribution in [0.3, 0.4) is 0 Å². The quantitative estimate of drug-likeness (QED) is 0.700. The maximum absolute atomic E-state index is 11.0. The van der Waals surface area contributed by atoms with Crippen molar-refractivity contribution in [2.45, 2.75) is 16.8 Å². The first kappa shape index (κ1) is 11.9. The summed E-state index contributed by atoms with van der Waals surface area (Å²) in [7, 11) is 0. The lowest BCUT2D eigenvalue weighted by Gasteiger charge is -2.07. The molecule has 17 heavy (non-hydrogen) atoms. The van der Waals surface area contributed by atoms with Gasteiger partial charge in [-0.2, -0.15) is 0 Å². The van der Waals surface area contributed by atoms with Crippen LogP contribution in [0.2, 0.25) is 0 Å². The fourth-order valence-electron chi connectivity index (χ4n) is 1.50. The number of carboxylic acids is 1. The van der Waals surface area contributed by atoms with Gasteiger partial charge in [0.1, 0.15) is 5.25 Å². The van der Waals surface area contributed by atoms with E-state index in [1.165, 1.54) is 11.8 Å². The Bertz CT molecular complexity index is 493. The second-order valence-corrected chi connectivity index (χ2v) is 4.77. The lowest BCUT2D eigenvalue weighted by molar-refractivity contribution is -0.136. The summed E-state index contributed by atoms with van der Waals surface area (Å²) in [6.07, 6.45) is 0.428. The maximum atomic E-state index is 11.0. The Labute approximate surface area is 102 Å². The molecule has 0 radical (unpaired) electrons. The molecular formula is C11H13N3O2S. The number of thioether (sulfide) groups is 1. The lowest BCUT2D eigenvalue weighted by Crippen LogP contribution is -2.20. The Morgan fingerprint density at radius 1 is 1.53 bits per heavy atom. The number of imidazole rings is 1. The molecule has 1 atom stereocenters. The molecular weight excluding hydrogens is 238 g/mol. The Kier molecular flexibility index (Phi) is 3.65. The molecule has 1 heterocycles. The predicted molar refractivity (Wildman–Crippen MR) is 67.0 cm³/mol. The number of rotatable bonds is 5. The number of carbonyl (C=O) groups is 1.